The predicted octanol–water partition coefficient (Wildman–Crippen LogP) is 5.88. The van der Waals surface area contributed by atoms with Gasteiger partial charge in [0.1, 0.15) is 40.9 Å². The van der Waals surface area contributed by atoms with Gasteiger partial charge in [-0.25, -0.2) is 19.6 Å². The molecule has 0 radical (unpaired) electrons. The van der Waals surface area contributed by atoms with Crippen LogP contribution in [0.1, 0.15) is 77.0 Å². The van der Waals surface area contributed by atoms with Crippen molar-refractivity contribution in [3.05, 3.63) is 40.3 Å². The van der Waals surface area contributed by atoms with E-state index in [0.29, 0.717) is 74.9 Å². The van der Waals surface area contributed by atoms with Crippen LogP contribution in [0.4, 0.5) is 21.1 Å². The van der Waals surface area contributed by atoms with E-state index in [1.54, 1.807) is 37.8 Å². The third kappa shape index (κ3) is 8.86. The summed E-state index contributed by atoms with van der Waals surface area (Å²) in [6.07, 6.45) is 1.64. The molecule has 2 fully saturated rings. The van der Waals surface area contributed by atoms with Gasteiger partial charge in [-0.15, -0.1) is 0 Å². The zero-order valence-electron chi connectivity index (χ0n) is 26.2. The molecule has 0 unspecified atom stereocenters. The van der Waals surface area contributed by atoms with E-state index in [-0.39, 0.29) is 29.5 Å². The Bertz CT molecular complexity index is 1390. The maximum Gasteiger partial charge on any atom is 0.412 e. The zero-order chi connectivity index (χ0) is 32.1. The lowest BCUT2D eigenvalue weighted by Gasteiger charge is -2.34. The first-order valence-electron chi connectivity index (χ1n) is 14.7. The Kier molecular flexibility index (Phi) is 10.4. The van der Waals surface area contributed by atoms with Crippen molar-refractivity contribution in [2.75, 3.05) is 49.6 Å². The molecule has 0 atom stereocenters. The Morgan fingerprint density at radius 1 is 1.05 bits per heavy atom. The Labute approximate surface area is 263 Å². The van der Waals surface area contributed by atoms with E-state index in [4.69, 9.17) is 30.5 Å². The fourth-order valence-corrected chi connectivity index (χ4v) is 5.25. The highest BCUT2D eigenvalue weighted by Gasteiger charge is 2.30. The maximum absolute atomic E-state index is 12.9. The second-order valence-corrected chi connectivity index (χ2v) is 13.1. The first-order chi connectivity index (χ1) is 20.7. The van der Waals surface area contributed by atoms with E-state index in [0.717, 1.165) is 5.56 Å². The summed E-state index contributed by atoms with van der Waals surface area (Å²) in [5.41, 5.74) is 0.787. The van der Waals surface area contributed by atoms with E-state index in [1.165, 1.54) is 6.33 Å². The van der Waals surface area contributed by atoms with Gasteiger partial charge in [-0.05, 0) is 71.9 Å². The number of amides is 2. The Morgan fingerprint density at radius 3 is 2.32 bits per heavy atom. The van der Waals surface area contributed by atoms with Gasteiger partial charge >= 0.3 is 12.2 Å². The minimum atomic E-state index is -0.725. The fourth-order valence-electron chi connectivity index (χ4n) is 5.07. The Hall–Kier alpha value is -3.82. The molecule has 238 valence electrons. The molecule has 2 aromatic rings. The molecule has 1 aromatic heterocycles. The van der Waals surface area contributed by atoms with E-state index in [2.05, 4.69) is 26.3 Å². The number of rotatable bonds is 6. The fraction of sp³-hybridized carbons (Fsp3) is 0.581. The van der Waals surface area contributed by atoms with Gasteiger partial charge in [0.05, 0.1) is 36.1 Å². The lowest BCUT2D eigenvalue weighted by molar-refractivity contribution is 0.0204. The van der Waals surface area contributed by atoms with E-state index in [9.17, 15) is 14.9 Å². The highest BCUT2D eigenvalue weighted by Crippen LogP contribution is 2.38. The highest BCUT2D eigenvalue weighted by molar-refractivity contribution is 6.30. The molecule has 1 N–H and O–H groups in total. The Morgan fingerprint density at radius 2 is 1.70 bits per heavy atom. The molecule has 0 aliphatic carbocycles. The molecule has 2 amide bonds. The summed E-state index contributed by atoms with van der Waals surface area (Å²) in [5, 5.41) is 13.2. The summed E-state index contributed by atoms with van der Waals surface area (Å²) < 4.78 is 22.7. The molecule has 2 aliphatic heterocycles. The summed E-state index contributed by atoms with van der Waals surface area (Å²) in [5.74, 6) is 0.889. The van der Waals surface area contributed by atoms with Crippen LogP contribution in [0.25, 0.3) is 0 Å². The van der Waals surface area contributed by atoms with Gasteiger partial charge in [-0.2, -0.15) is 5.26 Å². The number of halogens is 1. The molecule has 1 aromatic carbocycles. The molecule has 0 saturated carbocycles. The molecule has 13 heteroatoms. The van der Waals surface area contributed by atoms with Crippen molar-refractivity contribution < 1.29 is 28.5 Å². The minimum Gasteiger partial charge on any atom is -0.486 e. The normalized spacial score (nSPS) is 16.2. The molecule has 3 heterocycles. The van der Waals surface area contributed by atoms with Gasteiger partial charge < -0.3 is 28.7 Å². The maximum atomic E-state index is 12.9. The first-order valence-corrected chi connectivity index (χ1v) is 15.1. The van der Waals surface area contributed by atoms with Crippen LogP contribution in [-0.4, -0.2) is 77.6 Å². The number of nitriles is 1. The predicted molar refractivity (Wildman–Crippen MR) is 165 cm³/mol. The quantitative estimate of drug-likeness (QED) is 0.386. The number of morpholine rings is 1. The summed E-state index contributed by atoms with van der Waals surface area (Å²) >= 11 is 6.50. The second kappa shape index (κ2) is 13.9. The van der Waals surface area contributed by atoms with Gasteiger partial charge in [-0.1, -0.05) is 11.6 Å². The number of nitrogens with zero attached hydrogens (tertiary/aromatic N) is 5. The van der Waals surface area contributed by atoms with Gasteiger partial charge in [0.15, 0.2) is 0 Å². The summed E-state index contributed by atoms with van der Waals surface area (Å²) in [4.78, 5) is 37.8. The van der Waals surface area contributed by atoms with Gasteiger partial charge in [-0.3, -0.25) is 5.32 Å². The van der Waals surface area contributed by atoms with Crippen molar-refractivity contribution in [1.82, 2.24) is 14.9 Å². The molecule has 2 saturated heterocycles. The topological polar surface area (TPSA) is 139 Å². The molecule has 12 nitrogen and oxygen atoms in total. The second-order valence-electron chi connectivity index (χ2n) is 12.8. The van der Waals surface area contributed by atoms with Gasteiger partial charge in [0.2, 0.25) is 0 Å². The van der Waals surface area contributed by atoms with Crippen molar-refractivity contribution in [2.24, 2.45) is 0 Å². The SMILES string of the molecule is CC(C)(C)OC(=O)Nc1cc(C2CCN(C(=O)OC(C)(C)C)CC2)c(C#N)cc1OCc1c(Cl)ncnc1N1CCOCC1. The van der Waals surface area contributed by atoms with Crippen molar-refractivity contribution in [2.45, 2.75) is 78.1 Å². The number of carbonyl (C=O) groups excluding carboxylic acids is 2. The van der Waals surface area contributed by atoms with Crippen molar-refractivity contribution in [1.29, 1.82) is 5.26 Å². The van der Waals surface area contributed by atoms with Crippen LogP contribution in [0.3, 0.4) is 0 Å². The Balaban J connectivity index is 1.61. The van der Waals surface area contributed by atoms with Crippen molar-refractivity contribution in [3.8, 4) is 11.8 Å². The van der Waals surface area contributed by atoms with E-state index in [1.807, 2.05) is 20.8 Å². The smallest absolute Gasteiger partial charge is 0.412 e. The van der Waals surface area contributed by atoms with Crippen molar-refractivity contribution >= 4 is 35.3 Å². The molecule has 0 spiro atoms. The lowest BCUT2D eigenvalue weighted by Crippen LogP contribution is -2.41. The minimum absolute atomic E-state index is 0.00610. The number of benzene rings is 1. The molecule has 0 bridgehead atoms. The van der Waals surface area contributed by atoms with Crippen LogP contribution in [0.15, 0.2) is 18.5 Å². The van der Waals surface area contributed by atoms with Gasteiger partial charge in [0.25, 0.3) is 0 Å². The van der Waals surface area contributed by atoms with E-state index < -0.39 is 17.3 Å². The van der Waals surface area contributed by atoms with Crippen LogP contribution in [0.5, 0.6) is 5.75 Å². The number of hydrogen-bond donors (Lipinski definition) is 1. The molecule has 44 heavy (non-hydrogen) atoms. The molecular formula is C31H41ClN6O6. The summed E-state index contributed by atoms with van der Waals surface area (Å²) in [7, 11) is 0. The average Bonchev–Trinajstić information content (AvgIpc) is 2.95. The van der Waals surface area contributed by atoms with Crippen molar-refractivity contribution in [3.63, 3.8) is 0 Å². The van der Waals surface area contributed by atoms with Crippen LogP contribution < -0.4 is 15.0 Å². The third-order valence-corrected chi connectivity index (χ3v) is 7.37. The number of anilines is 2. The van der Waals surface area contributed by atoms with Gasteiger partial charge in [0, 0.05) is 32.2 Å². The number of nitrogens with one attached hydrogen (secondary N) is 1. The number of likely N-dealkylation sites (tertiary alicyclic amines) is 1. The first kappa shape index (κ1) is 33.1. The van der Waals surface area contributed by atoms with Crippen LogP contribution >= 0.6 is 11.6 Å². The molecule has 2 aliphatic rings. The number of piperidine rings is 1. The number of carbonyl (C=O) groups is 2. The van der Waals surface area contributed by atoms with Crippen LogP contribution in [0.2, 0.25) is 5.15 Å². The van der Waals surface area contributed by atoms with Crippen LogP contribution in [0, 0.1) is 11.3 Å². The van der Waals surface area contributed by atoms with Crippen LogP contribution in [-0.2, 0) is 20.8 Å². The molecular weight excluding hydrogens is 588 g/mol. The standard InChI is InChI=1S/C31H41ClN6O6/c1-30(2,3)43-28(39)36-24-16-22(20-7-9-38(10-8-20)29(40)44-31(4,5)6)21(17-33)15-25(24)42-18-23-26(32)34-19-35-27(23)37-11-13-41-14-12-37/h15-16,19-20H,7-14,18H2,1-6H3,(H,36,39). The monoisotopic (exact) mass is 628 g/mol. The number of hydrogen-bond acceptors (Lipinski definition) is 10. The average molecular weight is 629 g/mol. The largest absolute Gasteiger partial charge is 0.486 e. The summed E-state index contributed by atoms with van der Waals surface area (Å²) in [6, 6.07) is 5.67. The van der Waals surface area contributed by atoms with E-state index >= 15 is 0 Å². The lowest BCUT2D eigenvalue weighted by atomic mass is 9.86. The number of aromatic nitrogens is 2. The molecule has 4 rings (SSSR count). The highest BCUT2D eigenvalue weighted by atomic mass is 35.5. The zero-order valence-corrected chi connectivity index (χ0v) is 27.0. The third-order valence-electron chi connectivity index (χ3n) is 7.05. The number of ether oxygens (including phenoxy) is 4. The summed E-state index contributed by atoms with van der Waals surface area (Å²) in [6.45, 7) is 14.2.